The Morgan fingerprint density at radius 1 is 1.13 bits per heavy atom. The molecule has 2 N–H and O–H groups in total. The molecule has 1 aliphatic heterocycles. The average Bonchev–Trinajstić information content (AvgIpc) is 2.75. The molecule has 0 unspecified atom stereocenters. The van der Waals surface area contributed by atoms with Gasteiger partial charge in [-0.15, -0.1) is 0 Å². The number of unbranched alkanes of at least 4 members (excludes halogenated alkanes) is 1. The Labute approximate surface area is 194 Å². The molecule has 1 aliphatic rings. The van der Waals surface area contributed by atoms with Crippen LogP contribution in [-0.4, -0.2) is 55.8 Å². The molecule has 8 heteroatoms. The first kappa shape index (κ1) is 23.3. The number of carbonyl (C=O) groups is 1. The van der Waals surface area contributed by atoms with Gasteiger partial charge < -0.3 is 19.9 Å². The summed E-state index contributed by atoms with van der Waals surface area (Å²) in [7, 11) is 2.12. The van der Waals surface area contributed by atoms with Gasteiger partial charge in [0.25, 0.3) is 5.91 Å². The molecule has 2 aromatic carbocycles. The molecule has 0 aliphatic carbocycles. The number of hydrogen-bond donors (Lipinski definition) is 2. The average molecular weight is 461 g/mol. The van der Waals surface area contributed by atoms with Crippen LogP contribution in [0, 0.1) is 0 Å². The van der Waals surface area contributed by atoms with Crippen molar-refractivity contribution in [2.24, 2.45) is 0 Å². The predicted octanol–water partition coefficient (Wildman–Crippen LogP) is 4.40. The third kappa shape index (κ3) is 6.82. The Morgan fingerprint density at radius 3 is 2.48 bits per heavy atom. The zero-order valence-electron chi connectivity index (χ0n) is 18.0. The minimum Gasteiger partial charge on any atom is -0.494 e. The van der Waals surface area contributed by atoms with Crippen molar-refractivity contribution >= 4 is 46.2 Å². The predicted molar refractivity (Wildman–Crippen MR) is 132 cm³/mol. The number of likely N-dealkylation sites (N-methyl/N-ethyl adjacent to an activating group) is 1. The number of hydrogen-bond acceptors (Lipinski definition) is 5. The van der Waals surface area contributed by atoms with E-state index in [1.54, 1.807) is 24.3 Å². The van der Waals surface area contributed by atoms with E-state index in [0.29, 0.717) is 17.2 Å². The molecule has 2 aromatic rings. The number of carbonyl (C=O) groups excluding carboxylic acids is 1. The summed E-state index contributed by atoms with van der Waals surface area (Å²) in [6.45, 7) is 6.70. The van der Waals surface area contributed by atoms with Gasteiger partial charge in [-0.2, -0.15) is 0 Å². The number of rotatable bonds is 7. The van der Waals surface area contributed by atoms with Gasteiger partial charge in [0, 0.05) is 37.4 Å². The van der Waals surface area contributed by atoms with E-state index in [9.17, 15) is 4.79 Å². The number of nitrogens with one attached hydrogen (secondary N) is 2. The van der Waals surface area contributed by atoms with E-state index in [2.05, 4.69) is 34.4 Å². The lowest BCUT2D eigenvalue weighted by Gasteiger charge is -2.34. The minimum atomic E-state index is -0.280. The Hall–Kier alpha value is -2.35. The van der Waals surface area contributed by atoms with Crippen molar-refractivity contribution in [3.05, 3.63) is 53.1 Å². The van der Waals surface area contributed by atoms with Crippen molar-refractivity contribution in [3.8, 4) is 5.75 Å². The van der Waals surface area contributed by atoms with Crippen molar-refractivity contribution in [2.75, 3.05) is 50.1 Å². The fourth-order valence-corrected chi connectivity index (χ4v) is 3.77. The highest BCUT2D eigenvalue weighted by atomic mass is 35.5. The van der Waals surface area contributed by atoms with Crippen LogP contribution in [0.25, 0.3) is 0 Å². The van der Waals surface area contributed by atoms with Gasteiger partial charge in [0.05, 0.1) is 17.3 Å². The van der Waals surface area contributed by atoms with Gasteiger partial charge in [-0.3, -0.25) is 10.1 Å². The summed E-state index contributed by atoms with van der Waals surface area (Å²) in [5.41, 5.74) is 2.25. The summed E-state index contributed by atoms with van der Waals surface area (Å²) in [6, 6.07) is 12.8. The summed E-state index contributed by atoms with van der Waals surface area (Å²) < 4.78 is 5.62. The molecule has 0 aromatic heterocycles. The number of amides is 1. The van der Waals surface area contributed by atoms with E-state index in [1.165, 1.54) is 0 Å². The van der Waals surface area contributed by atoms with Gasteiger partial charge in [-0.05, 0) is 68.2 Å². The topological polar surface area (TPSA) is 56.8 Å². The fourth-order valence-electron chi connectivity index (χ4n) is 3.26. The highest BCUT2D eigenvalue weighted by Crippen LogP contribution is 2.29. The SMILES string of the molecule is CCCCOc1ccc(C(=O)NC(=S)Nc2ccc(N3CCN(C)CC3)c(Cl)c2)cc1. The molecule has 1 fully saturated rings. The molecule has 6 nitrogen and oxygen atoms in total. The van der Waals surface area contributed by atoms with Crippen LogP contribution < -0.4 is 20.3 Å². The molecule has 0 radical (unpaired) electrons. The van der Waals surface area contributed by atoms with Crippen LogP contribution in [0.15, 0.2) is 42.5 Å². The second-order valence-electron chi connectivity index (χ2n) is 7.59. The van der Waals surface area contributed by atoms with Gasteiger partial charge in [0.15, 0.2) is 5.11 Å². The maximum atomic E-state index is 12.5. The highest BCUT2D eigenvalue weighted by Gasteiger charge is 2.17. The second kappa shape index (κ2) is 11.3. The number of benzene rings is 2. The van der Waals surface area contributed by atoms with Crippen LogP contribution in [0.5, 0.6) is 5.75 Å². The molecule has 1 heterocycles. The molecule has 31 heavy (non-hydrogen) atoms. The Kier molecular flexibility index (Phi) is 8.51. The molecule has 0 bridgehead atoms. The van der Waals surface area contributed by atoms with E-state index in [-0.39, 0.29) is 11.0 Å². The van der Waals surface area contributed by atoms with Gasteiger partial charge in [-0.1, -0.05) is 24.9 Å². The highest BCUT2D eigenvalue weighted by molar-refractivity contribution is 7.80. The summed E-state index contributed by atoms with van der Waals surface area (Å²) in [5.74, 6) is 0.471. The smallest absolute Gasteiger partial charge is 0.257 e. The number of ether oxygens (including phenoxy) is 1. The number of piperazine rings is 1. The maximum absolute atomic E-state index is 12.5. The van der Waals surface area contributed by atoms with Gasteiger partial charge in [0.1, 0.15) is 5.75 Å². The van der Waals surface area contributed by atoms with E-state index < -0.39 is 0 Å². The summed E-state index contributed by atoms with van der Waals surface area (Å²) >= 11 is 11.8. The van der Waals surface area contributed by atoms with Crippen molar-refractivity contribution in [3.63, 3.8) is 0 Å². The van der Waals surface area contributed by atoms with Crippen LogP contribution in [0.2, 0.25) is 5.02 Å². The van der Waals surface area contributed by atoms with Crippen LogP contribution >= 0.6 is 23.8 Å². The molecular formula is C23H29ClN4O2S. The molecule has 166 valence electrons. The number of thiocarbonyl (C=S) groups is 1. The van der Waals surface area contributed by atoms with Crippen LogP contribution in [-0.2, 0) is 0 Å². The summed E-state index contributed by atoms with van der Waals surface area (Å²) in [4.78, 5) is 17.0. The number of anilines is 2. The minimum absolute atomic E-state index is 0.219. The normalized spacial score (nSPS) is 14.2. The van der Waals surface area contributed by atoms with Crippen molar-refractivity contribution in [1.29, 1.82) is 0 Å². The lowest BCUT2D eigenvalue weighted by Crippen LogP contribution is -2.44. The zero-order chi connectivity index (χ0) is 22.2. The van der Waals surface area contributed by atoms with E-state index in [0.717, 1.165) is 56.1 Å². The largest absolute Gasteiger partial charge is 0.494 e. The van der Waals surface area contributed by atoms with Crippen LogP contribution in [0.1, 0.15) is 30.1 Å². The lowest BCUT2D eigenvalue weighted by atomic mass is 10.2. The van der Waals surface area contributed by atoms with Gasteiger partial charge in [0.2, 0.25) is 0 Å². The molecule has 0 atom stereocenters. The van der Waals surface area contributed by atoms with E-state index in [1.807, 2.05) is 18.2 Å². The monoisotopic (exact) mass is 460 g/mol. The summed E-state index contributed by atoms with van der Waals surface area (Å²) in [5, 5.41) is 6.60. The van der Waals surface area contributed by atoms with Crippen LogP contribution in [0.4, 0.5) is 11.4 Å². The fraction of sp³-hybridized carbons (Fsp3) is 0.391. The maximum Gasteiger partial charge on any atom is 0.257 e. The van der Waals surface area contributed by atoms with Crippen molar-refractivity contribution < 1.29 is 9.53 Å². The molecule has 1 amide bonds. The quantitative estimate of drug-likeness (QED) is 0.472. The Balaban J connectivity index is 1.53. The summed E-state index contributed by atoms with van der Waals surface area (Å²) in [6.07, 6.45) is 2.08. The first-order chi connectivity index (χ1) is 15.0. The standard InChI is InChI=1S/C23H29ClN4O2S/c1-3-4-15-30-19-8-5-17(6-9-19)22(29)26-23(31)25-18-7-10-21(20(24)16-18)28-13-11-27(2)12-14-28/h5-10,16H,3-4,11-15H2,1-2H3,(H2,25,26,29,31). The number of nitrogens with zero attached hydrogens (tertiary/aromatic N) is 2. The molecule has 0 saturated carbocycles. The first-order valence-corrected chi connectivity index (χ1v) is 11.3. The Morgan fingerprint density at radius 2 is 1.84 bits per heavy atom. The molecular weight excluding hydrogens is 432 g/mol. The first-order valence-electron chi connectivity index (χ1n) is 10.5. The van der Waals surface area contributed by atoms with Crippen LogP contribution in [0.3, 0.4) is 0 Å². The van der Waals surface area contributed by atoms with E-state index in [4.69, 9.17) is 28.6 Å². The molecule has 0 spiro atoms. The molecule has 1 saturated heterocycles. The third-order valence-corrected chi connectivity index (χ3v) is 5.67. The van der Waals surface area contributed by atoms with Crippen molar-refractivity contribution in [1.82, 2.24) is 10.2 Å². The lowest BCUT2D eigenvalue weighted by molar-refractivity contribution is 0.0977. The van der Waals surface area contributed by atoms with E-state index >= 15 is 0 Å². The van der Waals surface area contributed by atoms with Gasteiger partial charge >= 0.3 is 0 Å². The second-order valence-corrected chi connectivity index (χ2v) is 8.41. The van der Waals surface area contributed by atoms with Crippen molar-refractivity contribution in [2.45, 2.75) is 19.8 Å². The number of halogens is 1. The van der Waals surface area contributed by atoms with Gasteiger partial charge in [-0.25, -0.2) is 0 Å². The third-order valence-electron chi connectivity index (χ3n) is 5.16. The Bertz CT molecular complexity index is 899. The zero-order valence-corrected chi connectivity index (χ0v) is 19.6. The molecule has 3 rings (SSSR count).